The second kappa shape index (κ2) is 3.32. The lowest BCUT2D eigenvalue weighted by molar-refractivity contribution is 0.456. The molecule has 3 saturated carbocycles. The summed E-state index contributed by atoms with van der Waals surface area (Å²) in [6.07, 6.45) is 4.40. The topological polar surface area (TPSA) is 38.0 Å². The van der Waals surface area contributed by atoms with Crippen molar-refractivity contribution < 1.29 is 0 Å². The number of nitrogen functional groups attached to an aromatic ring is 1. The van der Waals surface area contributed by atoms with E-state index in [-0.39, 0.29) is 0 Å². The fourth-order valence-corrected chi connectivity index (χ4v) is 4.59. The molecule has 0 aromatic heterocycles. The molecular formula is C14H17ClN2. The van der Waals surface area contributed by atoms with Crippen LogP contribution in [-0.4, -0.2) is 6.04 Å². The lowest BCUT2D eigenvalue weighted by Crippen LogP contribution is -2.13. The third kappa shape index (κ3) is 1.40. The summed E-state index contributed by atoms with van der Waals surface area (Å²) in [6, 6.07) is 6.44. The number of nitrogens with one attached hydrogen (secondary N) is 1. The number of halogens is 1. The molecule has 2 nitrogen and oxygen atoms in total. The van der Waals surface area contributed by atoms with Gasteiger partial charge in [0.05, 0.1) is 10.7 Å². The van der Waals surface area contributed by atoms with E-state index in [0.717, 1.165) is 40.1 Å². The predicted octanol–water partition coefficient (Wildman–Crippen LogP) is 3.38. The first-order valence-electron chi connectivity index (χ1n) is 6.55. The van der Waals surface area contributed by atoms with Crippen LogP contribution in [-0.2, 0) is 0 Å². The Labute approximate surface area is 107 Å². The van der Waals surface area contributed by atoms with Gasteiger partial charge in [-0.3, -0.25) is 0 Å². The van der Waals surface area contributed by atoms with Crippen molar-refractivity contribution in [3.8, 4) is 0 Å². The molecular weight excluding hydrogens is 232 g/mol. The molecule has 0 amide bonds. The number of nitrogens with two attached hydrogens (primary N) is 1. The summed E-state index contributed by atoms with van der Waals surface area (Å²) in [5, 5.41) is 4.38. The van der Waals surface area contributed by atoms with E-state index in [1.807, 2.05) is 18.2 Å². The molecule has 1 aromatic rings. The van der Waals surface area contributed by atoms with Gasteiger partial charge in [-0.15, -0.1) is 0 Å². The van der Waals surface area contributed by atoms with Crippen LogP contribution >= 0.6 is 11.6 Å². The normalized spacial score (nSPS) is 41.4. The Hall–Kier alpha value is -0.890. The third-order valence-electron chi connectivity index (χ3n) is 5.05. The number of fused-ring (bicyclic) bond motifs is 5. The van der Waals surface area contributed by atoms with E-state index in [1.54, 1.807) is 0 Å². The van der Waals surface area contributed by atoms with E-state index < -0.39 is 0 Å². The SMILES string of the molecule is Nc1ccc(NC2C3C4CCC(C4)C23)c(Cl)c1. The van der Waals surface area contributed by atoms with Crippen molar-refractivity contribution in [2.45, 2.75) is 25.3 Å². The lowest BCUT2D eigenvalue weighted by atomic mass is 10.0. The smallest absolute Gasteiger partial charge is 0.0658 e. The van der Waals surface area contributed by atoms with E-state index in [2.05, 4.69) is 5.32 Å². The molecule has 1 aromatic carbocycles. The summed E-state index contributed by atoms with van der Waals surface area (Å²) in [5.74, 6) is 3.86. The maximum Gasteiger partial charge on any atom is 0.0658 e. The Bertz CT molecular complexity index is 457. The predicted molar refractivity (Wildman–Crippen MR) is 71.1 cm³/mol. The van der Waals surface area contributed by atoms with E-state index in [0.29, 0.717) is 6.04 Å². The highest BCUT2D eigenvalue weighted by molar-refractivity contribution is 6.33. The van der Waals surface area contributed by atoms with Gasteiger partial charge in [0.2, 0.25) is 0 Å². The van der Waals surface area contributed by atoms with Crippen molar-refractivity contribution in [2.24, 2.45) is 23.7 Å². The molecule has 3 aliphatic rings. The monoisotopic (exact) mass is 248 g/mol. The average Bonchev–Trinajstić information content (AvgIpc) is 2.70. The molecule has 2 bridgehead atoms. The second-order valence-electron chi connectivity index (χ2n) is 5.90. The summed E-state index contributed by atoms with van der Waals surface area (Å²) in [5.41, 5.74) is 7.50. The first-order valence-corrected chi connectivity index (χ1v) is 6.93. The Kier molecular flexibility index (Phi) is 1.97. The van der Waals surface area contributed by atoms with Crippen molar-refractivity contribution in [1.82, 2.24) is 0 Å². The van der Waals surface area contributed by atoms with Crippen LogP contribution < -0.4 is 11.1 Å². The molecule has 90 valence electrons. The maximum absolute atomic E-state index is 6.20. The lowest BCUT2D eigenvalue weighted by Gasteiger charge is -2.13. The molecule has 4 atom stereocenters. The summed E-state index contributed by atoms with van der Waals surface area (Å²) in [6.45, 7) is 0. The van der Waals surface area contributed by atoms with E-state index >= 15 is 0 Å². The molecule has 3 fully saturated rings. The fraction of sp³-hybridized carbons (Fsp3) is 0.571. The van der Waals surface area contributed by atoms with Crippen LogP contribution in [0.4, 0.5) is 11.4 Å². The zero-order chi connectivity index (χ0) is 11.6. The van der Waals surface area contributed by atoms with Crippen LogP contribution in [0, 0.1) is 23.7 Å². The third-order valence-corrected chi connectivity index (χ3v) is 5.36. The minimum atomic E-state index is 0.683. The zero-order valence-electron chi connectivity index (χ0n) is 9.70. The van der Waals surface area contributed by atoms with E-state index in [1.165, 1.54) is 19.3 Å². The molecule has 0 heterocycles. The van der Waals surface area contributed by atoms with Crippen molar-refractivity contribution in [2.75, 3.05) is 11.1 Å². The summed E-state index contributed by atoms with van der Waals surface area (Å²) >= 11 is 6.20. The number of hydrogen-bond donors (Lipinski definition) is 2. The van der Waals surface area contributed by atoms with Gasteiger partial charge in [0.25, 0.3) is 0 Å². The van der Waals surface area contributed by atoms with Gasteiger partial charge in [-0.1, -0.05) is 11.6 Å². The van der Waals surface area contributed by atoms with E-state index in [4.69, 9.17) is 17.3 Å². The molecule has 4 rings (SSSR count). The molecule has 3 heteroatoms. The van der Waals surface area contributed by atoms with Gasteiger partial charge in [-0.2, -0.15) is 0 Å². The maximum atomic E-state index is 6.20. The van der Waals surface area contributed by atoms with Gasteiger partial charge >= 0.3 is 0 Å². The molecule has 0 saturated heterocycles. The first-order chi connectivity index (χ1) is 8.24. The van der Waals surface area contributed by atoms with Gasteiger partial charge in [-0.05, 0) is 61.1 Å². The zero-order valence-corrected chi connectivity index (χ0v) is 10.5. The molecule has 3 aliphatic carbocycles. The Balaban J connectivity index is 1.52. The average molecular weight is 249 g/mol. The van der Waals surface area contributed by atoms with Crippen molar-refractivity contribution in [3.05, 3.63) is 23.2 Å². The summed E-state index contributed by atoms with van der Waals surface area (Å²) in [7, 11) is 0. The molecule has 0 radical (unpaired) electrons. The summed E-state index contributed by atoms with van der Waals surface area (Å²) < 4.78 is 0. The minimum absolute atomic E-state index is 0.683. The standard InChI is InChI=1S/C14H17ClN2/c15-10-6-9(16)3-4-11(10)17-14-12-7-1-2-8(5-7)13(12)14/h3-4,6-8,12-14,17H,1-2,5,16H2. The molecule has 4 unspecified atom stereocenters. The quantitative estimate of drug-likeness (QED) is 0.788. The van der Waals surface area contributed by atoms with Gasteiger partial charge in [0, 0.05) is 11.7 Å². The Morgan fingerprint density at radius 1 is 1.18 bits per heavy atom. The summed E-state index contributed by atoms with van der Waals surface area (Å²) in [4.78, 5) is 0. The highest BCUT2D eigenvalue weighted by atomic mass is 35.5. The van der Waals surface area contributed by atoms with Gasteiger partial charge in [0.1, 0.15) is 0 Å². The van der Waals surface area contributed by atoms with Crippen molar-refractivity contribution in [3.63, 3.8) is 0 Å². The highest BCUT2D eigenvalue weighted by Crippen LogP contribution is 2.66. The van der Waals surface area contributed by atoms with Crippen LogP contribution in [0.5, 0.6) is 0 Å². The minimum Gasteiger partial charge on any atom is -0.399 e. The molecule has 0 aliphatic heterocycles. The Morgan fingerprint density at radius 2 is 1.88 bits per heavy atom. The van der Waals surface area contributed by atoms with Gasteiger partial charge in [-0.25, -0.2) is 0 Å². The van der Waals surface area contributed by atoms with Crippen LogP contribution in [0.3, 0.4) is 0 Å². The van der Waals surface area contributed by atoms with Crippen molar-refractivity contribution >= 4 is 23.0 Å². The van der Waals surface area contributed by atoms with Gasteiger partial charge in [0.15, 0.2) is 0 Å². The van der Waals surface area contributed by atoms with Crippen LogP contribution in [0.2, 0.25) is 5.02 Å². The largest absolute Gasteiger partial charge is 0.399 e. The highest BCUT2D eigenvalue weighted by Gasteiger charge is 2.65. The number of rotatable bonds is 2. The molecule has 0 spiro atoms. The fourth-order valence-electron chi connectivity index (χ4n) is 4.35. The van der Waals surface area contributed by atoms with Crippen LogP contribution in [0.25, 0.3) is 0 Å². The first kappa shape index (κ1) is 10.1. The van der Waals surface area contributed by atoms with Crippen LogP contribution in [0.15, 0.2) is 18.2 Å². The number of anilines is 2. The number of benzene rings is 1. The second-order valence-corrected chi connectivity index (χ2v) is 6.30. The Morgan fingerprint density at radius 3 is 2.53 bits per heavy atom. The molecule has 3 N–H and O–H groups in total. The van der Waals surface area contributed by atoms with Gasteiger partial charge < -0.3 is 11.1 Å². The molecule has 17 heavy (non-hydrogen) atoms. The van der Waals surface area contributed by atoms with E-state index in [9.17, 15) is 0 Å². The number of hydrogen-bond acceptors (Lipinski definition) is 2. The van der Waals surface area contributed by atoms with Crippen LogP contribution in [0.1, 0.15) is 19.3 Å². The van der Waals surface area contributed by atoms with Crippen molar-refractivity contribution in [1.29, 1.82) is 0 Å².